The zero-order chi connectivity index (χ0) is 21.1. The number of anilines is 1. The molecule has 2 N–H and O–H groups in total. The largest absolute Gasteiger partial charge is 0.326 e. The van der Waals surface area contributed by atoms with Crippen LogP contribution in [0.4, 0.5) is 5.69 Å². The van der Waals surface area contributed by atoms with E-state index in [1.807, 2.05) is 54.6 Å². The van der Waals surface area contributed by atoms with Crippen LogP contribution in [0.25, 0.3) is 16.7 Å². The second-order valence-electron chi connectivity index (χ2n) is 7.47. The SMILES string of the molecule is CC(C)c1cccc(NC(=O)CCc2nc3c(cnn3-c3ccccc3)c(=O)[nH]2)c1. The minimum atomic E-state index is -0.262. The highest BCUT2D eigenvalue weighted by molar-refractivity contribution is 5.90. The summed E-state index contributed by atoms with van der Waals surface area (Å²) in [5, 5.41) is 7.63. The highest BCUT2D eigenvalue weighted by Gasteiger charge is 2.13. The standard InChI is InChI=1S/C23H23N5O2/c1-15(2)16-7-6-8-17(13-16)25-21(29)12-11-20-26-22-19(23(30)27-20)14-24-28(22)18-9-4-3-5-10-18/h3-10,13-15H,11-12H2,1-2H3,(H,25,29)(H,26,27,30). The van der Waals surface area contributed by atoms with Crippen LogP contribution in [0, 0.1) is 0 Å². The van der Waals surface area contributed by atoms with E-state index in [0.717, 1.165) is 11.4 Å². The van der Waals surface area contributed by atoms with Gasteiger partial charge >= 0.3 is 0 Å². The molecule has 0 radical (unpaired) electrons. The van der Waals surface area contributed by atoms with Crippen molar-refractivity contribution in [3.05, 3.63) is 82.5 Å². The second-order valence-corrected chi connectivity index (χ2v) is 7.47. The van der Waals surface area contributed by atoms with Crippen molar-refractivity contribution in [2.24, 2.45) is 0 Å². The Kier molecular flexibility index (Phi) is 5.43. The van der Waals surface area contributed by atoms with Gasteiger partial charge in [0.15, 0.2) is 5.65 Å². The summed E-state index contributed by atoms with van der Waals surface area (Å²) in [4.78, 5) is 32.1. The highest BCUT2D eigenvalue weighted by Crippen LogP contribution is 2.19. The summed E-state index contributed by atoms with van der Waals surface area (Å²) in [6.07, 6.45) is 2.03. The van der Waals surface area contributed by atoms with Gasteiger partial charge in [0.05, 0.1) is 11.9 Å². The topological polar surface area (TPSA) is 92.7 Å². The lowest BCUT2D eigenvalue weighted by atomic mass is 10.0. The van der Waals surface area contributed by atoms with E-state index in [9.17, 15) is 9.59 Å². The van der Waals surface area contributed by atoms with Crippen LogP contribution in [0.2, 0.25) is 0 Å². The molecule has 0 atom stereocenters. The zero-order valence-corrected chi connectivity index (χ0v) is 16.9. The van der Waals surface area contributed by atoms with Crippen molar-refractivity contribution in [2.45, 2.75) is 32.6 Å². The number of carbonyl (C=O) groups is 1. The molecule has 2 heterocycles. The van der Waals surface area contributed by atoms with Crippen molar-refractivity contribution in [3.8, 4) is 5.69 Å². The van der Waals surface area contributed by atoms with E-state index in [-0.39, 0.29) is 17.9 Å². The summed E-state index contributed by atoms with van der Waals surface area (Å²) < 4.78 is 1.63. The number of fused-ring (bicyclic) bond motifs is 1. The average molecular weight is 401 g/mol. The van der Waals surface area contributed by atoms with E-state index in [1.165, 1.54) is 11.8 Å². The van der Waals surface area contributed by atoms with Crippen molar-refractivity contribution < 1.29 is 4.79 Å². The molecular weight excluding hydrogens is 378 g/mol. The molecule has 0 unspecified atom stereocenters. The molecule has 0 saturated heterocycles. The summed E-state index contributed by atoms with van der Waals surface area (Å²) in [6.45, 7) is 4.22. The number of aromatic nitrogens is 4. The Hall–Kier alpha value is -3.74. The van der Waals surface area contributed by atoms with Gasteiger partial charge in [-0.25, -0.2) is 9.67 Å². The molecule has 4 aromatic rings. The number of hydrogen-bond donors (Lipinski definition) is 2. The Morgan fingerprint density at radius 1 is 1.13 bits per heavy atom. The summed E-state index contributed by atoms with van der Waals surface area (Å²) >= 11 is 0. The number of rotatable bonds is 6. The van der Waals surface area contributed by atoms with Crippen LogP contribution in [0.5, 0.6) is 0 Å². The third kappa shape index (κ3) is 4.15. The van der Waals surface area contributed by atoms with Gasteiger partial charge in [-0.2, -0.15) is 5.10 Å². The van der Waals surface area contributed by atoms with Gasteiger partial charge in [0.1, 0.15) is 11.2 Å². The van der Waals surface area contributed by atoms with E-state index in [1.54, 1.807) is 4.68 Å². The minimum Gasteiger partial charge on any atom is -0.326 e. The van der Waals surface area contributed by atoms with Crippen LogP contribution in [0.1, 0.15) is 37.6 Å². The predicted molar refractivity (Wildman–Crippen MR) is 117 cm³/mol. The molecule has 2 aromatic carbocycles. The first-order chi connectivity index (χ1) is 14.5. The number of amides is 1. The Morgan fingerprint density at radius 3 is 2.70 bits per heavy atom. The molecule has 7 heteroatoms. The number of para-hydroxylation sites is 1. The quantitative estimate of drug-likeness (QED) is 0.514. The molecule has 30 heavy (non-hydrogen) atoms. The molecule has 0 spiro atoms. The fourth-order valence-corrected chi connectivity index (χ4v) is 3.27. The molecule has 152 valence electrons. The van der Waals surface area contributed by atoms with Gasteiger partial charge in [0.2, 0.25) is 5.91 Å². The molecule has 1 amide bonds. The van der Waals surface area contributed by atoms with Crippen LogP contribution < -0.4 is 10.9 Å². The molecule has 0 bridgehead atoms. The van der Waals surface area contributed by atoms with Crippen LogP contribution in [-0.4, -0.2) is 25.7 Å². The maximum Gasteiger partial charge on any atom is 0.262 e. The molecule has 0 aliphatic heterocycles. The maximum absolute atomic E-state index is 12.4. The van der Waals surface area contributed by atoms with Gasteiger partial charge in [-0.1, -0.05) is 44.2 Å². The van der Waals surface area contributed by atoms with Gasteiger partial charge in [0, 0.05) is 18.5 Å². The third-order valence-corrected chi connectivity index (χ3v) is 4.91. The smallest absolute Gasteiger partial charge is 0.262 e. The van der Waals surface area contributed by atoms with Crippen molar-refractivity contribution >= 4 is 22.6 Å². The Bertz CT molecular complexity index is 1240. The lowest BCUT2D eigenvalue weighted by molar-refractivity contribution is -0.116. The number of carbonyl (C=O) groups excluding carboxylic acids is 1. The summed E-state index contributed by atoms with van der Waals surface area (Å²) in [5.74, 6) is 0.712. The first-order valence-electron chi connectivity index (χ1n) is 9.93. The van der Waals surface area contributed by atoms with E-state index in [0.29, 0.717) is 29.2 Å². The molecular formula is C23H23N5O2. The Balaban J connectivity index is 1.51. The number of aromatic amines is 1. The van der Waals surface area contributed by atoms with Crippen LogP contribution in [0.3, 0.4) is 0 Å². The van der Waals surface area contributed by atoms with Crippen molar-refractivity contribution in [1.29, 1.82) is 0 Å². The van der Waals surface area contributed by atoms with Gasteiger partial charge in [0.25, 0.3) is 5.56 Å². The van der Waals surface area contributed by atoms with Crippen molar-refractivity contribution in [1.82, 2.24) is 19.7 Å². The summed E-state index contributed by atoms with van der Waals surface area (Å²) in [6, 6.07) is 17.3. The molecule has 0 aliphatic rings. The summed E-state index contributed by atoms with van der Waals surface area (Å²) in [5.41, 5.74) is 2.97. The lowest BCUT2D eigenvalue weighted by Crippen LogP contribution is -2.16. The fourth-order valence-electron chi connectivity index (χ4n) is 3.27. The molecule has 0 saturated carbocycles. The Labute approximate surface area is 173 Å². The van der Waals surface area contributed by atoms with Crippen molar-refractivity contribution in [2.75, 3.05) is 5.32 Å². The first-order valence-corrected chi connectivity index (χ1v) is 9.93. The number of nitrogens with one attached hydrogen (secondary N) is 2. The lowest BCUT2D eigenvalue weighted by Gasteiger charge is -2.09. The van der Waals surface area contributed by atoms with Gasteiger partial charge in [-0.15, -0.1) is 0 Å². The number of aryl methyl sites for hydroxylation is 1. The number of benzene rings is 2. The van der Waals surface area contributed by atoms with E-state index in [2.05, 4.69) is 34.2 Å². The Morgan fingerprint density at radius 2 is 1.93 bits per heavy atom. The van der Waals surface area contributed by atoms with Crippen LogP contribution >= 0.6 is 0 Å². The van der Waals surface area contributed by atoms with Gasteiger partial charge in [-0.05, 0) is 35.7 Å². The number of H-pyrrole nitrogens is 1. The van der Waals surface area contributed by atoms with Crippen LogP contribution in [-0.2, 0) is 11.2 Å². The van der Waals surface area contributed by atoms with E-state index in [4.69, 9.17) is 0 Å². The second kappa shape index (κ2) is 8.32. The molecule has 4 rings (SSSR count). The van der Waals surface area contributed by atoms with E-state index >= 15 is 0 Å². The maximum atomic E-state index is 12.4. The van der Waals surface area contributed by atoms with E-state index < -0.39 is 0 Å². The number of nitrogens with zero attached hydrogens (tertiary/aromatic N) is 3. The molecule has 0 fully saturated rings. The third-order valence-electron chi connectivity index (χ3n) is 4.91. The van der Waals surface area contributed by atoms with Crippen LogP contribution in [0.15, 0.2) is 65.6 Å². The normalized spacial score (nSPS) is 11.2. The predicted octanol–water partition coefficient (Wildman–Crippen LogP) is 3.80. The molecule has 0 aliphatic carbocycles. The summed E-state index contributed by atoms with van der Waals surface area (Å²) in [7, 11) is 0. The average Bonchev–Trinajstić information content (AvgIpc) is 3.18. The number of hydrogen-bond acceptors (Lipinski definition) is 4. The zero-order valence-electron chi connectivity index (χ0n) is 16.9. The monoisotopic (exact) mass is 401 g/mol. The fraction of sp³-hybridized carbons (Fsp3) is 0.217. The highest BCUT2D eigenvalue weighted by atomic mass is 16.1. The van der Waals surface area contributed by atoms with Gasteiger partial charge < -0.3 is 10.3 Å². The van der Waals surface area contributed by atoms with Gasteiger partial charge in [-0.3, -0.25) is 9.59 Å². The first kappa shape index (κ1) is 19.6. The minimum absolute atomic E-state index is 0.129. The molecule has 2 aromatic heterocycles. The van der Waals surface area contributed by atoms with Crippen molar-refractivity contribution in [3.63, 3.8) is 0 Å². The molecule has 7 nitrogen and oxygen atoms in total.